The minimum absolute atomic E-state index is 0.347. The van der Waals surface area contributed by atoms with Crippen LogP contribution in [0.15, 0.2) is 24.3 Å². The highest BCUT2D eigenvalue weighted by Gasteiger charge is 2.25. The third-order valence-electron chi connectivity index (χ3n) is 2.52. The van der Waals surface area contributed by atoms with Crippen LogP contribution in [0.25, 0.3) is 0 Å². The maximum Gasteiger partial charge on any atom is 0.211 e. The summed E-state index contributed by atoms with van der Waals surface area (Å²) in [6.45, 7) is 1.93. The molecule has 0 aliphatic heterocycles. The largest absolute Gasteiger partial charge is 0.374 e. The normalized spacial score (nSPS) is 16.5. The first-order valence-electron chi connectivity index (χ1n) is 5.46. The summed E-state index contributed by atoms with van der Waals surface area (Å²) in [4.78, 5) is 0. The van der Waals surface area contributed by atoms with Gasteiger partial charge in [-0.3, -0.25) is 5.73 Å². The summed E-state index contributed by atoms with van der Waals surface area (Å²) in [5.41, 5.74) is 6.05. The molecule has 3 N–H and O–H groups in total. The minimum Gasteiger partial charge on any atom is -0.374 e. The number of ether oxygens (including phenoxy) is 2. The fourth-order valence-electron chi connectivity index (χ4n) is 1.75. The fraction of sp³-hybridized carbons (Fsp3) is 0.500. The molecule has 0 aromatic heterocycles. The first kappa shape index (κ1) is 14.4. The zero-order valence-corrected chi connectivity index (χ0v) is 10.7. The van der Waals surface area contributed by atoms with Gasteiger partial charge in [-0.25, -0.2) is 0 Å². The topological polar surface area (TPSA) is 64.7 Å². The van der Waals surface area contributed by atoms with Crippen LogP contribution in [0.3, 0.4) is 0 Å². The van der Waals surface area contributed by atoms with E-state index in [0.29, 0.717) is 11.4 Å². The maximum absolute atomic E-state index is 9.08. The van der Waals surface area contributed by atoms with Gasteiger partial charge in [0, 0.05) is 17.7 Å². The molecule has 1 rings (SSSR count). The van der Waals surface area contributed by atoms with Crippen LogP contribution >= 0.6 is 11.6 Å². The minimum atomic E-state index is -1.32. The number of hydrogen-bond donors (Lipinski definition) is 2. The van der Waals surface area contributed by atoms with Gasteiger partial charge in [0.1, 0.15) is 6.10 Å². The van der Waals surface area contributed by atoms with Crippen LogP contribution in [-0.4, -0.2) is 24.7 Å². The van der Waals surface area contributed by atoms with Gasteiger partial charge in [0.2, 0.25) is 6.41 Å². The van der Waals surface area contributed by atoms with Crippen molar-refractivity contribution in [3.8, 4) is 0 Å². The van der Waals surface area contributed by atoms with Gasteiger partial charge in [-0.1, -0.05) is 36.7 Å². The highest BCUT2D eigenvalue weighted by Crippen LogP contribution is 2.30. The molecule has 1 aromatic rings. The van der Waals surface area contributed by atoms with E-state index in [1.807, 2.05) is 25.1 Å². The van der Waals surface area contributed by atoms with Gasteiger partial charge in [-0.05, 0) is 12.5 Å². The Labute approximate surface area is 106 Å². The summed E-state index contributed by atoms with van der Waals surface area (Å²) < 4.78 is 10.6. The van der Waals surface area contributed by atoms with Crippen molar-refractivity contribution < 1.29 is 14.6 Å². The first-order chi connectivity index (χ1) is 8.10. The Morgan fingerprint density at radius 3 is 2.53 bits per heavy atom. The Morgan fingerprint density at radius 2 is 2.06 bits per heavy atom. The van der Waals surface area contributed by atoms with E-state index in [-0.39, 0.29) is 12.2 Å². The number of nitrogens with two attached hydrogens (primary N) is 1. The van der Waals surface area contributed by atoms with E-state index in [9.17, 15) is 0 Å². The molecule has 0 radical (unpaired) electrons. The quantitative estimate of drug-likeness (QED) is 0.768. The van der Waals surface area contributed by atoms with Crippen molar-refractivity contribution >= 4 is 11.6 Å². The molecule has 17 heavy (non-hydrogen) atoms. The highest BCUT2D eigenvalue weighted by molar-refractivity contribution is 6.31. The fourth-order valence-corrected chi connectivity index (χ4v) is 1.99. The lowest BCUT2D eigenvalue weighted by molar-refractivity contribution is -0.168. The lowest BCUT2D eigenvalue weighted by Crippen LogP contribution is -2.33. The van der Waals surface area contributed by atoms with E-state index in [1.165, 1.54) is 0 Å². The zero-order valence-electron chi connectivity index (χ0n) is 9.97. The van der Waals surface area contributed by atoms with Gasteiger partial charge in [0.15, 0.2) is 0 Å². The van der Waals surface area contributed by atoms with Gasteiger partial charge in [-0.2, -0.15) is 0 Å². The standard InChI is InChI=1S/C12H18ClNO3/c1-3-10(17-12(14)15)11(16-2)8-6-4-5-7-9(8)13/h4-7,10-12,15H,3,14H2,1-2H3. The van der Waals surface area contributed by atoms with Crippen LogP contribution in [0.5, 0.6) is 0 Å². The summed E-state index contributed by atoms with van der Waals surface area (Å²) in [5.74, 6) is 0. The van der Waals surface area contributed by atoms with Crippen molar-refractivity contribution in [3.05, 3.63) is 34.9 Å². The Bertz CT molecular complexity index is 346. The molecule has 3 atom stereocenters. The Balaban J connectivity index is 2.93. The van der Waals surface area contributed by atoms with Crippen molar-refractivity contribution in [1.29, 1.82) is 0 Å². The van der Waals surface area contributed by atoms with E-state index >= 15 is 0 Å². The smallest absolute Gasteiger partial charge is 0.211 e. The van der Waals surface area contributed by atoms with Gasteiger partial charge >= 0.3 is 0 Å². The molecule has 0 amide bonds. The first-order valence-corrected chi connectivity index (χ1v) is 5.84. The lowest BCUT2D eigenvalue weighted by Gasteiger charge is -2.27. The summed E-state index contributed by atoms with van der Waals surface area (Å²) in [6, 6.07) is 7.37. The van der Waals surface area contributed by atoms with Crippen molar-refractivity contribution in [3.63, 3.8) is 0 Å². The predicted molar refractivity (Wildman–Crippen MR) is 66.6 cm³/mol. The third kappa shape index (κ3) is 3.94. The molecule has 0 fully saturated rings. The van der Waals surface area contributed by atoms with Gasteiger partial charge < -0.3 is 14.6 Å². The molecule has 0 aliphatic carbocycles. The predicted octanol–water partition coefficient (Wildman–Crippen LogP) is 2.06. The molecule has 1 aromatic carbocycles. The van der Waals surface area contributed by atoms with Crippen LogP contribution < -0.4 is 5.73 Å². The second-order valence-corrected chi connectivity index (χ2v) is 4.06. The summed E-state index contributed by atoms with van der Waals surface area (Å²) in [6.07, 6.45) is -1.37. The van der Waals surface area contributed by atoms with Crippen LogP contribution in [-0.2, 0) is 9.47 Å². The average molecular weight is 260 g/mol. The molecule has 3 unspecified atom stereocenters. The van der Waals surface area contributed by atoms with Crippen molar-refractivity contribution in [2.75, 3.05) is 7.11 Å². The van der Waals surface area contributed by atoms with E-state index in [4.69, 9.17) is 31.9 Å². The molecule has 0 aliphatic rings. The Hall–Kier alpha value is -0.650. The molecule has 5 heteroatoms. The molecular weight excluding hydrogens is 242 g/mol. The third-order valence-corrected chi connectivity index (χ3v) is 2.86. The molecule has 4 nitrogen and oxygen atoms in total. The van der Waals surface area contributed by atoms with E-state index in [0.717, 1.165) is 5.56 Å². The number of halogens is 1. The second kappa shape index (κ2) is 6.93. The number of methoxy groups -OCH3 is 1. The Morgan fingerprint density at radius 1 is 1.41 bits per heavy atom. The number of rotatable bonds is 6. The summed E-state index contributed by atoms with van der Waals surface area (Å²) in [7, 11) is 1.57. The van der Waals surface area contributed by atoms with E-state index in [1.54, 1.807) is 13.2 Å². The van der Waals surface area contributed by atoms with Crippen molar-refractivity contribution in [2.24, 2.45) is 5.73 Å². The lowest BCUT2D eigenvalue weighted by atomic mass is 10.0. The molecular formula is C12H18ClNO3. The van der Waals surface area contributed by atoms with E-state index < -0.39 is 6.41 Å². The number of aliphatic hydroxyl groups is 1. The molecule has 0 bridgehead atoms. The monoisotopic (exact) mass is 259 g/mol. The second-order valence-electron chi connectivity index (χ2n) is 3.65. The molecule has 0 saturated carbocycles. The summed E-state index contributed by atoms with van der Waals surface area (Å²) in [5, 5.41) is 9.69. The van der Waals surface area contributed by atoms with Crippen LogP contribution in [0.1, 0.15) is 25.0 Å². The van der Waals surface area contributed by atoms with Crippen molar-refractivity contribution in [1.82, 2.24) is 0 Å². The van der Waals surface area contributed by atoms with Crippen molar-refractivity contribution in [2.45, 2.75) is 32.0 Å². The maximum atomic E-state index is 9.08. The SMILES string of the molecule is CCC(OC(N)O)C(OC)c1ccccc1Cl. The highest BCUT2D eigenvalue weighted by atomic mass is 35.5. The van der Waals surface area contributed by atoms with Gasteiger partial charge in [0.25, 0.3) is 0 Å². The van der Waals surface area contributed by atoms with E-state index in [2.05, 4.69) is 0 Å². The number of benzene rings is 1. The molecule has 0 heterocycles. The zero-order chi connectivity index (χ0) is 12.8. The van der Waals surface area contributed by atoms with Gasteiger partial charge in [0.05, 0.1) is 6.10 Å². The summed E-state index contributed by atoms with van der Waals surface area (Å²) >= 11 is 6.11. The number of hydrogen-bond acceptors (Lipinski definition) is 4. The average Bonchev–Trinajstić information content (AvgIpc) is 2.30. The molecule has 0 saturated heterocycles. The molecule has 0 spiro atoms. The van der Waals surface area contributed by atoms with Crippen LogP contribution in [0.2, 0.25) is 5.02 Å². The molecule has 96 valence electrons. The van der Waals surface area contributed by atoms with Gasteiger partial charge in [-0.15, -0.1) is 0 Å². The Kier molecular flexibility index (Phi) is 5.88. The number of aliphatic hydroxyl groups excluding tert-OH is 1. The van der Waals surface area contributed by atoms with Crippen LogP contribution in [0.4, 0.5) is 0 Å². The van der Waals surface area contributed by atoms with Crippen LogP contribution in [0, 0.1) is 0 Å².